The number of amides is 4. The number of alkyl carbamates (subject to hydrolysis) is 1. The maximum Gasteiger partial charge on any atom is 0.408 e. The van der Waals surface area contributed by atoms with Crippen LogP contribution in [0.5, 0.6) is 5.75 Å². The number of nitrogens with zero attached hydrogens (tertiary/aromatic N) is 2. The molecule has 3 fully saturated rings. The van der Waals surface area contributed by atoms with Gasteiger partial charge < -0.3 is 33.8 Å². The number of benzene rings is 1. The Morgan fingerprint density at radius 2 is 1.86 bits per heavy atom. The van der Waals surface area contributed by atoms with Crippen LogP contribution in [0.15, 0.2) is 69.7 Å². The van der Waals surface area contributed by atoms with Crippen LogP contribution in [0.25, 0.3) is 33.5 Å². The van der Waals surface area contributed by atoms with Crippen LogP contribution >= 0.6 is 0 Å². The summed E-state index contributed by atoms with van der Waals surface area (Å²) in [6.07, 6.45) is 8.06. The van der Waals surface area contributed by atoms with E-state index in [9.17, 15) is 27.6 Å². The molecule has 1 aromatic carbocycles. The topological polar surface area (TPSA) is 199 Å². The summed E-state index contributed by atoms with van der Waals surface area (Å²) in [4.78, 5) is 62.2. The second-order valence-electron chi connectivity index (χ2n) is 16.5. The van der Waals surface area contributed by atoms with Gasteiger partial charge in [-0.05, 0) is 83.6 Å². The van der Waals surface area contributed by atoms with Crippen LogP contribution in [0.2, 0.25) is 0 Å². The monoisotopic (exact) mass is 801 g/mol. The van der Waals surface area contributed by atoms with Crippen LogP contribution in [0.4, 0.5) is 4.79 Å². The zero-order valence-electron chi connectivity index (χ0n) is 32.1. The van der Waals surface area contributed by atoms with Gasteiger partial charge in [-0.15, -0.1) is 0 Å². The number of ether oxygens (including phenoxy) is 2. The van der Waals surface area contributed by atoms with Gasteiger partial charge in [0, 0.05) is 23.8 Å². The number of nitrogens with one attached hydrogen (secondary N) is 3. The fraction of sp³-hybridized carbons (Fsp3) is 0.488. The first-order chi connectivity index (χ1) is 27.2. The summed E-state index contributed by atoms with van der Waals surface area (Å²) in [6, 6.07) is 10.5. The summed E-state index contributed by atoms with van der Waals surface area (Å²) < 4.78 is 52.1. The van der Waals surface area contributed by atoms with Crippen LogP contribution in [0.1, 0.15) is 78.6 Å². The number of para-hydroxylation sites is 1. The number of fused-ring (bicyclic) bond motifs is 5. The highest BCUT2D eigenvalue weighted by molar-refractivity contribution is 7.91. The molecule has 4 aromatic rings. The van der Waals surface area contributed by atoms with Crippen molar-refractivity contribution in [2.45, 2.75) is 113 Å². The van der Waals surface area contributed by atoms with Gasteiger partial charge in [0.25, 0.3) is 5.91 Å². The lowest BCUT2D eigenvalue weighted by Crippen LogP contribution is -2.58. The van der Waals surface area contributed by atoms with Crippen LogP contribution in [0, 0.1) is 5.92 Å². The minimum atomic E-state index is -3.91. The molecule has 5 atom stereocenters. The Morgan fingerprint density at radius 1 is 1.05 bits per heavy atom. The summed E-state index contributed by atoms with van der Waals surface area (Å²) in [6.45, 7) is 5.12. The number of hydrogen-bond donors (Lipinski definition) is 3. The van der Waals surface area contributed by atoms with Crippen molar-refractivity contribution < 1.29 is 45.9 Å². The highest BCUT2D eigenvalue weighted by atomic mass is 32.2. The Balaban J connectivity index is 1.14. The third-order valence-electron chi connectivity index (χ3n) is 10.9. The van der Waals surface area contributed by atoms with E-state index in [1.54, 1.807) is 39.0 Å². The summed E-state index contributed by atoms with van der Waals surface area (Å²) in [5.41, 5.74) is -0.360. The molecule has 2 aliphatic carbocycles. The largest absolute Gasteiger partial charge is 0.484 e. The molecule has 0 unspecified atom stereocenters. The van der Waals surface area contributed by atoms with Gasteiger partial charge in [0.05, 0.1) is 18.1 Å². The molecule has 8 rings (SSSR count). The Labute approximate surface area is 329 Å². The van der Waals surface area contributed by atoms with Gasteiger partial charge in [-0.2, -0.15) is 0 Å². The van der Waals surface area contributed by atoms with E-state index in [0.717, 1.165) is 18.2 Å². The van der Waals surface area contributed by atoms with Gasteiger partial charge in [-0.1, -0.05) is 37.1 Å². The molecule has 57 heavy (non-hydrogen) atoms. The first-order valence-corrected chi connectivity index (χ1v) is 21.1. The van der Waals surface area contributed by atoms with E-state index in [1.807, 2.05) is 36.4 Å². The van der Waals surface area contributed by atoms with Crippen molar-refractivity contribution in [2.24, 2.45) is 5.92 Å². The van der Waals surface area contributed by atoms with Gasteiger partial charge in [0.15, 0.2) is 17.1 Å². The molecule has 4 amide bonds. The maximum absolute atomic E-state index is 14.6. The number of hydrogen-bond acceptors (Lipinski definition) is 11. The van der Waals surface area contributed by atoms with E-state index in [0.29, 0.717) is 66.0 Å². The highest BCUT2D eigenvalue weighted by Gasteiger charge is 2.62. The summed E-state index contributed by atoms with van der Waals surface area (Å²) in [5, 5.41) is 5.76. The highest BCUT2D eigenvalue weighted by Crippen LogP contribution is 2.46. The third-order valence-corrected chi connectivity index (χ3v) is 12.7. The number of furan rings is 2. The number of carbonyl (C=O) groups is 4. The van der Waals surface area contributed by atoms with Crippen molar-refractivity contribution in [2.75, 3.05) is 6.54 Å². The lowest BCUT2D eigenvalue weighted by molar-refractivity contribution is -0.141. The predicted octanol–water partition coefficient (Wildman–Crippen LogP) is 5.49. The van der Waals surface area contributed by atoms with Crippen molar-refractivity contribution in [1.82, 2.24) is 25.2 Å². The molecule has 2 aliphatic heterocycles. The smallest absolute Gasteiger partial charge is 0.408 e. The number of rotatable bonds is 7. The van der Waals surface area contributed by atoms with Crippen molar-refractivity contribution >= 4 is 55.9 Å². The lowest BCUT2D eigenvalue weighted by atomic mass is 10.0. The number of allylic oxidation sites excluding steroid dienone is 1. The Bertz CT molecular complexity index is 2350. The summed E-state index contributed by atoms with van der Waals surface area (Å²) >= 11 is 0. The quantitative estimate of drug-likeness (QED) is 0.200. The van der Waals surface area contributed by atoms with E-state index in [4.69, 9.17) is 23.3 Å². The summed E-state index contributed by atoms with van der Waals surface area (Å²) in [7, 11) is -3.91. The fourth-order valence-corrected chi connectivity index (χ4v) is 9.13. The molecule has 0 spiro atoms. The molecule has 15 nitrogen and oxygen atoms in total. The first-order valence-electron chi connectivity index (χ1n) is 19.6. The third kappa shape index (κ3) is 8.09. The fourth-order valence-electron chi connectivity index (χ4n) is 7.77. The van der Waals surface area contributed by atoms with E-state index >= 15 is 0 Å². The van der Waals surface area contributed by atoms with E-state index in [-0.39, 0.29) is 19.4 Å². The average molecular weight is 802 g/mol. The van der Waals surface area contributed by atoms with Gasteiger partial charge in [-0.3, -0.25) is 19.1 Å². The molecule has 16 heteroatoms. The molecular weight excluding hydrogens is 755 g/mol. The minimum absolute atomic E-state index is 0.00936. The predicted molar refractivity (Wildman–Crippen MR) is 208 cm³/mol. The SMILES string of the molecule is CC(C)(C)OC(=O)N[C@H]1CCCCC/C=C\[C@@H]2C[C@@]2(C(=O)NS(=O)(=O)C2CC2)NC(=O)[C@@H]2C[C@@H](Oc3cc(-c4ccco4)nc4c3oc3ccccc34)CN2C1=O. The second kappa shape index (κ2) is 14.8. The molecule has 5 heterocycles. The van der Waals surface area contributed by atoms with Crippen molar-refractivity contribution in [1.29, 1.82) is 0 Å². The average Bonchev–Trinajstić information content (AvgIpc) is 3.94. The minimum Gasteiger partial charge on any atom is -0.484 e. The number of sulfonamides is 1. The lowest BCUT2D eigenvalue weighted by Gasteiger charge is -2.30. The molecule has 302 valence electrons. The number of carbonyl (C=O) groups excluding carboxylic acids is 4. The van der Waals surface area contributed by atoms with Crippen molar-refractivity contribution in [3.8, 4) is 17.2 Å². The number of pyridine rings is 1. The molecule has 4 aliphatic rings. The molecule has 2 saturated carbocycles. The molecule has 0 radical (unpaired) electrons. The molecule has 0 bridgehead atoms. The van der Waals surface area contributed by atoms with Crippen LogP contribution in [0.3, 0.4) is 0 Å². The summed E-state index contributed by atoms with van der Waals surface area (Å²) in [5.74, 6) is -1.59. The molecule has 1 saturated heterocycles. The normalized spacial score (nSPS) is 26.4. The molecule has 3 aromatic heterocycles. The van der Waals surface area contributed by atoms with Gasteiger partial charge in [-0.25, -0.2) is 18.2 Å². The maximum atomic E-state index is 14.6. The molecule has 3 N–H and O–H groups in total. The first kappa shape index (κ1) is 38.5. The Hall–Kier alpha value is -5.38. The second-order valence-corrected chi connectivity index (χ2v) is 18.4. The van der Waals surface area contributed by atoms with Gasteiger partial charge in [0.1, 0.15) is 46.1 Å². The van der Waals surface area contributed by atoms with Gasteiger partial charge in [0.2, 0.25) is 21.8 Å². The van der Waals surface area contributed by atoms with Crippen molar-refractivity contribution in [3.05, 3.63) is 60.9 Å². The van der Waals surface area contributed by atoms with Crippen LogP contribution in [-0.4, -0.2) is 83.2 Å². The number of aromatic nitrogens is 1. The standard InChI is InChI=1S/C41H47N5O10S/c1-40(2,3)56-39(50)43-28-14-8-6-4-5-7-12-24-22-41(24,38(49)45-57(51,52)26-17-18-26)44-36(47)30-20-25(23-46(30)37(28)48)54-33-21-29(32-16-11-19-53-32)42-34-27-13-9-10-15-31(27)55-35(33)34/h7,9-13,15-16,19,21,24-26,28,30H,4-6,8,14,17-18,20,22-23H2,1-3H3,(H,43,50)(H,44,47)(H,45,49)/b12-7-/t24-,25-,28+,30+,41-/m1/s1. The van der Waals surface area contributed by atoms with Crippen LogP contribution in [-0.2, 0) is 29.1 Å². The molecular formula is C41H47N5O10S. The van der Waals surface area contributed by atoms with Crippen molar-refractivity contribution in [3.63, 3.8) is 0 Å². The zero-order chi connectivity index (χ0) is 40.1. The van der Waals surface area contributed by atoms with E-state index < -0.39 is 74.3 Å². The Kier molecular flexibility index (Phi) is 10.0. The van der Waals surface area contributed by atoms with E-state index in [1.165, 1.54) is 11.2 Å². The zero-order valence-corrected chi connectivity index (χ0v) is 32.9. The Morgan fingerprint density at radius 3 is 2.61 bits per heavy atom. The van der Waals surface area contributed by atoms with E-state index in [2.05, 4.69) is 15.4 Å². The van der Waals surface area contributed by atoms with Crippen LogP contribution < -0.4 is 20.1 Å². The van der Waals surface area contributed by atoms with Gasteiger partial charge >= 0.3 is 6.09 Å².